The van der Waals surface area contributed by atoms with Crippen molar-refractivity contribution in [3.05, 3.63) is 53.9 Å². The lowest BCUT2D eigenvalue weighted by Crippen LogP contribution is -2.57. The third-order valence-corrected chi connectivity index (χ3v) is 8.35. The van der Waals surface area contributed by atoms with E-state index in [1.54, 1.807) is 44.2 Å². The van der Waals surface area contributed by atoms with Crippen LogP contribution in [0.1, 0.15) is 11.5 Å². The number of carbonyl (C=O) groups excluding carboxylic acids is 1. The number of rotatable bonds is 3. The molecule has 2 aliphatic rings. The number of ether oxygens (including phenoxy) is 1. The van der Waals surface area contributed by atoms with Gasteiger partial charge in [-0.05, 0) is 43.7 Å². The Morgan fingerprint density at radius 3 is 2.77 bits per heavy atom. The van der Waals surface area contributed by atoms with Gasteiger partial charge >= 0.3 is 0 Å². The quantitative estimate of drug-likeness (QED) is 0.543. The second-order valence-corrected chi connectivity index (χ2v) is 10.4. The Bertz CT molecular complexity index is 1370. The van der Waals surface area contributed by atoms with Crippen molar-refractivity contribution >= 4 is 21.6 Å². The van der Waals surface area contributed by atoms with E-state index in [1.165, 1.54) is 10.5 Å². The van der Waals surface area contributed by atoms with Gasteiger partial charge in [0.05, 0.1) is 18.3 Å². The second kappa shape index (κ2) is 9.02. The van der Waals surface area contributed by atoms with Crippen molar-refractivity contribution < 1.29 is 26.9 Å². The average Bonchev–Trinajstić information content (AvgIpc) is 3.19. The summed E-state index contributed by atoms with van der Waals surface area (Å²) in [5.74, 6) is -0.226. The van der Waals surface area contributed by atoms with E-state index in [0.717, 1.165) is 0 Å². The number of nitrogens with one attached hydrogen (secondary N) is 1. The lowest BCUT2D eigenvalue weighted by molar-refractivity contribution is -0.118. The van der Waals surface area contributed by atoms with E-state index in [9.17, 15) is 17.6 Å². The number of hydrogen-bond donors (Lipinski definition) is 1. The third kappa shape index (κ3) is 4.40. The Morgan fingerprint density at radius 1 is 1.20 bits per heavy atom. The minimum Gasteiger partial charge on any atom is -0.490 e. The lowest BCUT2D eigenvalue weighted by Gasteiger charge is -2.39. The summed E-state index contributed by atoms with van der Waals surface area (Å²) in [6.07, 6.45) is 1.37. The minimum absolute atomic E-state index is 0.0676. The molecule has 3 aromatic rings. The lowest BCUT2D eigenvalue weighted by atomic mass is 10.1. The van der Waals surface area contributed by atoms with E-state index in [-0.39, 0.29) is 48.8 Å². The van der Waals surface area contributed by atoms with E-state index in [0.29, 0.717) is 34.8 Å². The number of aromatic nitrogens is 2. The van der Waals surface area contributed by atoms with Gasteiger partial charge in [-0.25, -0.2) is 13.4 Å². The van der Waals surface area contributed by atoms with Gasteiger partial charge in [0.25, 0.3) is 0 Å². The standard InChI is InChI=1S/C23H24FN5O5S/c1-14-22(15(2)34-27-14)35(31,32)29-9-8-28-12-21(30)26-19-10-16(18-4-3-7-25-23(18)24)5-6-20(19)33-13-17(28)11-29/h3-7,10,17H,8-9,11-13H2,1-2H3,(H,26,30)/t17-/m1/s1. The number of anilines is 1. The molecule has 0 saturated carbocycles. The minimum atomic E-state index is -3.82. The summed E-state index contributed by atoms with van der Waals surface area (Å²) in [6.45, 7) is 4.11. The number of fused-ring (bicyclic) bond motifs is 2. The van der Waals surface area contributed by atoms with Crippen LogP contribution in [0.25, 0.3) is 11.1 Å². The molecule has 12 heteroatoms. The molecule has 0 spiro atoms. The average molecular weight is 502 g/mol. The van der Waals surface area contributed by atoms with Crippen molar-refractivity contribution in [1.82, 2.24) is 19.3 Å². The molecule has 10 nitrogen and oxygen atoms in total. The molecule has 0 unspecified atom stereocenters. The molecule has 2 aliphatic heterocycles. The van der Waals surface area contributed by atoms with Gasteiger partial charge in [0.1, 0.15) is 22.9 Å². The highest BCUT2D eigenvalue weighted by Crippen LogP contribution is 2.33. The Labute approximate surface area is 201 Å². The highest BCUT2D eigenvalue weighted by molar-refractivity contribution is 7.89. The number of hydrogen-bond acceptors (Lipinski definition) is 8. The van der Waals surface area contributed by atoms with E-state index < -0.39 is 16.0 Å². The topological polar surface area (TPSA) is 118 Å². The maximum Gasteiger partial charge on any atom is 0.248 e. The Kier molecular flexibility index (Phi) is 6.03. The summed E-state index contributed by atoms with van der Waals surface area (Å²) >= 11 is 0. The number of pyridine rings is 1. The van der Waals surface area contributed by atoms with Crippen LogP contribution in [-0.2, 0) is 14.8 Å². The van der Waals surface area contributed by atoms with Crippen molar-refractivity contribution in [3.63, 3.8) is 0 Å². The van der Waals surface area contributed by atoms with Gasteiger partial charge in [-0.3, -0.25) is 9.69 Å². The van der Waals surface area contributed by atoms with Gasteiger partial charge in [-0.15, -0.1) is 0 Å². The molecule has 0 bridgehead atoms. The number of sulfonamides is 1. The summed E-state index contributed by atoms with van der Waals surface area (Å²) < 4.78 is 53.3. The van der Waals surface area contributed by atoms with Crippen LogP contribution in [0.3, 0.4) is 0 Å². The van der Waals surface area contributed by atoms with Crippen LogP contribution in [0.15, 0.2) is 45.9 Å². The maximum atomic E-state index is 14.2. The largest absolute Gasteiger partial charge is 0.490 e. The van der Waals surface area contributed by atoms with Crippen LogP contribution in [0.2, 0.25) is 0 Å². The fourth-order valence-electron chi connectivity index (χ4n) is 4.50. The van der Waals surface area contributed by atoms with Crippen LogP contribution < -0.4 is 10.1 Å². The van der Waals surface area contributed by atoms with Crippen LogP contribution in [0.4, 0.5) is 10.1 Å². The molecule has 2 aromatic heterocycles. The first-order chi connectivity index (χ1) is 16.7. The van der Waals surface area contributed by atoms with Crippen molar-refractivity contribution in [1.29, 1.82) is 0 Å². The number of aryl methyl sites for hydroxylation is 2. The zero-order valence-corrected chi connectivity index (χ0v) is 20.0. The normalized spacial score (nSPS) is 19.5. The smallest absolute Gasteiger partial charge is 0.248 e. The van der Waals surface area contributed by atoms with Gasteiger partial charge in [-0.1, -0.05) is 11.2 Å². The molecule has 1 amide bonds. The highest BCUT2D eigenvalue weighted by Gasteiger charge is 2.38. The van der Waals surface area contributed by atoms with Gasteiger partial charge in [0.2, 0.25) is 21.9 Å². The molecule has 0 radical (unpaired) electrons. The number of carbonyl (C=O) groups is 1. The summed E-state index contributed by atoms with van der Waals surface area (Å²) in [4.78, 5) is 18.5. The first kappa shape index (κ1) is 23.4. The molecule has 35 heavy (non-hydrogen) atoms. The molecule has 1 aromatic carbocycles. The van der Waals surface area contributed by atoms with Crippen molar-refractivity contribution in [2.45, 2.75) is 24.8 Å². The fourth-order valence-corrected chi connectivity index (χ4v) is 6.26. The van der Waals surface area contributed by atoms with Crippen LogP contribution >= 0.6 is 0 Å². The Morgan fingerprint density at radius 2 is 2.03 bits per heavy atom. The summed E-state index contributed by atoms with van der Waals surface area (Å²) in [5.41, 5.74) is 1.58. The first-order valence-electron chi connectivity index (χ1n) is 11.1. The summed E-state index contributed by atoms with van der Waals surface area (Å²) in [7, 11) is -3.82. The van der Waals surface area contributed by atoms with E-state index in [1.807, 2.05) is 4.90 Å². The van der Waals surface area contributed by atoms with Crippen LogP contribution in [0, 0.1) is 19.8 Å². The molecule has 1 fully saturated rings. The Balaban J connectivity index is 1.40. The van der Waals surface area contributed by atoms with E-state index >= 15 is 0 Å². The number of halogens is 1. The molecule has 0 aliphatic carbocycles. The SMILES string of the molecule is Cc1noc(C)c1S(=O)(=O)N1CCN2CC(=O)Nc3cc(-c4cccnc4F)ccc3OC[C@H]2C1. The molecule has 1 atom stereocenters. The number of amides is 1. The molecular weight excluding hydrogens is 477 g/mol. The number of benzene rings is 1. The van der Waals surface area contributed by atoms with Crippen LogP contribution in [-0.4, -0.2) is 72.5 Å². The van der Waals surface area contributed by atoms with Crippen molar-refractivity contribution in [2.75, 3.05) is 38.1 Å². The van der Waals surface area contributed by atoms with Gasteiger partial charge in [0.15, 0.2) is 5.76 Å². The molecule has 5 rings (SSSR count). The maximum absolute atomic E-state index is 14.2. The summed E-state index contributed by atoms with van der Waals surface area (Å²) in [6, 6.07) is 7.88. The number of piperazine rings is 1. The highest BCUT2D eigenvalue weighted by atomic mass is 32.2. The molecule has 184 valence electrons. The fraction of sp³-hybridized carbons (Fsp3) is 0.348. The second-order valence-electron chi connectivity index (χ2n) is 8.55. The Hall–Kier alpha value is -3.35. The van der Waals surface area contributed by atoms with Gasteiger partial charge in [-0.2, -0.15) is 8.70 Å². The molecule has 1 N–H and O–H groups in total. The molecular formula is C23H24FN5O5S. The number of nitrogens with zero attached hydrogens (tertiary/aromatic N) is 4. The molecule has 1 saturated heterocycles. The van der Waals surface area contributed by atoms with E-state index in [4.69, 9.17) is 9.26 Å². The van der Waals surface area contributed by atoms with E-state index in [2.05, 4.69) is 15.5 Å². The summed E-state index contributed by atoms with van der Waals surface area (Å²) in [5, 5.41) is 6.61. The molecule has 4 heterocycles. The zero-order valence-electron chi connectivity index (χ0n) is 19.2. The predicted octanol–water partition coefficient (Wildman–Crippen LogP) is 2.20. The van der Waals surface area contributed by atoms with Crippen molar-refractivity contribution in [3.8, 4) is 16.9 Å². The van der Waals surface area contributed by atoms with Gasteiger partial charge in [0, 0.05) is 31.4 Å². The third-order valence-electron chi connectivity index (χ3n) is 6.23. The monoisotopic (exact) mass is 501 g/mol. The van der Waals surface area contributed by atoms with Crippen molar-refractivity contribution in [2.24, 2.45) is 0 Å². The van der Waals surface area contributed by atoms with Crippen LogP contribution in [0.5, 0.6) is 5.75 Å². The predicted molar refractivity (Wildman–Crippen MR) is 124 cm³/mol. The first-order valence-corrected chi connectivity index (χ1v) is 12.5. The zero-order chi connectivity index (χ0) is 24.7. The van der Waals surface area contributed by atoms with Gasteiger partial charge < -0.3 is 14.6 Å².